The van der Waals surface area contributed by atoms with Crippen molar-refractivity contribution in [3.8, 4) is 5.75 Å². The molecule has 0 bridgehead atoms. The van der Waals surface area contributed by atoms with Gasteiger partial charge in [0.2, 0.25) is 0 Å². The number of aliphatic hydroxyl groups is 1. The van der Waals surface area contributed by atoms with E-state index in [9.17, 15) is 14.7 Å². The zero-order valence-electron chi connectivity index (χ0n) is 19.1. The average molecular weight is 464 g/mol. The fraction of sp³-hybridized carbons (Fsp3) is 0.346. The number of ketones is 1. The molecule has 4 rings (SSSR count). The Balaban J connectivity index is 1.67. The first kappa shape index (κ1) is 23.7. The van der Waals surface area contributed by atoms with E-state index >= 15 is 0 Å². The Labute approximate surface area is 199 Å². The molecule has 2 fully saturated rings. The molecule has 34 heavy (non-hydrogen) atoms. The minimum Gasteiger partial charge on any atom is -0.507 e. The van der Waals surface area contributed by atoms with Crippen molar-refractivity contribution in [1.29, 1.82) is 0 Å². The number of aromatic nitrogens is 1. The summed E-state index contributed by atoms with van der Waals surface area (Å²) in [6, 6.07) is 9.77. The normalized spacial score (nSPS) is 20.5. The molecule has 0 saturated carbocycles. The van der Waals surface area contributed by atoms with E-state index in [1.54, 1.807) is 35.2 Å². The molecule has 2 aliphatic heterocycles. The first-order valence-electron chi connectivity index (χ1n) is 11.4. The summed E-state index contributed by atoms with van der Waals surface area (Å²) >= 11 is 0. The van der Waals surface area contributed by atoms with Gasteiger partial charge in [-0.2, -0.15) is 0 Å². The van der Waals surface area contributed by atoms with Crippen LogP contribution in [0.25, 0.3) is 5.76 Å². The van der Waals surface area contributed by atoms with E-state index in [1.807, 2.05) is 12.1 Å². The fourth-order valence-corrected chi connectivity index (χ4v) is 4.34. The number of amides is 1. The first-order valence-corrected chi connectivity index (χ1v) is 11.4. The predicted molar refractivity (Wildman–Crippen MR) is 127 cm³/mol. The summed E-state index contributed by atoms with van der Waals surface area (Å²) in [5, 5.41) is 11.1. The van der Waals surface area contributed by atoms with E-state index in [4.69, 9.17) is 9.47 Å². The number of hydrogen-bond donors (Lipinski definition) is 1. The molecular formula is C26H29N3O5. The summed E-state index contributed by atoms with van der Waals surface area (Å²) in [6.07, 6.45) is 5.41. The van der Waals surface area contributed by atoms with Gasteiger partial charge < -0.3 is 19.5 Å². The van der Waals surface area contributed by atoms with Crippen LogP contribution < -0.4 is 4.74 Å². The molecule has 0 radical (unpaired) electrons. The van der Waals surface area contributed by atoms with Crippen LogP contribution in [0, 0.1) is 0 Å². The first-order chi connectivity index (χ1) is 16.6. The van der Waals surface area contributed by atoms with E-state index in [0.717, 1.165) is 19.6 Å². The molecule has 1 amide bonds. The Hall–Kier alpha value is -3.49. The van der Waals surface area contributed by atoms with Gasteiger partial charge in [0.15, 0.2) is 0 Å². The topological polar surface area (TPSA) is 92.2 Å². The van der Waals surface area contributed by atoms with Crippen LogP contribution >= 0.6 is 0 Å². The van der Waals surface area contributed by atoms with Gasteiger partial charge in [0.25, 0.3) is 11.7 Å². The second-order valence-corrected chi connectivity index (χ2v) is 8.21. The number of nitrogens with zero attached hydrogens (tertiary/aromatic N) is 3. The lowest BCUT2D eigenvalue weighted by molar-refractivity contribution is -0.140. The largest absolute Gasteiger partial charge is 0.507 e. The molecule has 0 aliphatic carbocycles. The van der Waals surface area contributed by atoms with Gasteiger partial charge in [-0.15, -0.1) is 0 Å². The van der Waals surface area contributed by atoms with E-state index in [0.29, 0.717) is 49.7 Å². The molecule has 3 heterocycles. The van der Waals surface area contributed by atoms with Crippen molar-refractivity contribution in [3.63, 3.8) is 0 Å². The summed E-state index contributed by atoms with van der Waals surface area (Å²) in [7, 11) is 0. The number of Topliss-reactive ketones (excluding diaryl/α,β-unsaturated/α-hetero) is 1. The number of ether oxygens (including phenoxy) is 2. The number of likely N-dealkylation sites (tertiary alicyclic amines) is 1. The number of aliphatic hydroxyl groups excluding tert-OH is 1. The van der Waals surface area contributed by atoms with Crippen LogP contribution in [0.2, 0.25) is 0 Å². The van der Waals surface area contributed by atoms with Crippen LogP contribution in [0.3, 0.4) is 0 Å². The highest BCUT2D eigenvalue weighted by Gasteiger charge is 2.45. The number of rotatable bonds is 9. The maximum atomic E-state index is 13.1. The monoisotopic (exact) mass is 463 g/mol. The number of hydrogen-bond acceptors (Lipinski definition) is 7. The minimum atomic E-state index is -0.717. The Bertz CT molecular complexity index is 1060. The second kappa shape index (κ2) is 11.1. The second-order valence-electron chi connectivity index (χ2n) is 8.21. The van der Waals surface area contributed by atoms with Crippen LogP contribution in [-0.4, -0.2) is 77.6 Å². The van der Waals surface area contributed by atoms with Crippen molar-refractivity contribution in [2.24, 2.45) is 0 Å². The van der Waals surface area contributed by atoms with E-state index in [1.165, 1.54) is 12.4 Å². The maximum Gasteiger partial charge on any atom is 0.295 e. The van der Waals surface area contributed by atoms with Gasteiger partial charge in [0, 0.05) is 44.1 Å². The van der Waals surface area contributed by atoms with Crippen molar-refractivity contribution in [2.75, 3.05) is 46.0 Å². The van der Waals surface area contributed by atoms with Crippen molar-refractivity contribution in [2.45, 2.75) is 12.5 Å². The van der Waals surface area contributed by atoms with Crippen LogP contribution in [0.4, 0.5) is 0 Å². The van der Waals surface area contributed by atoms with E-state index < -0.39 is 17.7 Å². The Morgan fingerprint density at radius 2 is 1.94 bits per heavy atom. The van der Waals surface area contributed by atoms with E-state index in [2.05, 4.69) is 16.5 Å². The third-order valence-electron chi connectivity index (χ3n) is 6.01. The highest BCUT2D eigenvalue weighted by atomic mass is 16.5. The lowest BCUT2D eigenvalue weighted by Crippen LogP contribution is -2.38. The summed E-state index contributed by atoms with van der Waals surface area (Å²) in [5.74, 6) is -0.915. The van der Waals surface area contributed by atoms with Gasteiger partial charge in [-0.1, -0.05) is 24.8 Å². The van der Waals surface area contributed by atoms with Crippen molar-refractivity contribution in [3.05, 3.63) is 78.1 Å². The molecule has 2 saturated heterocycles. The van der Waals surface area contributed by atoms with Gasteiger partial charge in [-0.05, 0) is 36.2 Å². The molecule has 1 unspecified atom stereocenters. The summed E-state index contributed by atoms with van der Waals surface area (Å²) < 4.78 is 11.1. The predicted octanol–water partition coefficient (Wildman–Crippen LogP) is 2.79. The number of benzene rings is 1. The zero-order chi connectivity index (χ0) is 23.9. The third kappa shape index (κ3) is 5.18. The van der Waals surface area contributed by atoms with Gasteiger partial charge in [-0.25, -0.2) is 0 Å². The summed E-state index contributed by atoms with van der Waals surface area (Å²) in [4.78, 5) is 34.1. The quantitative estimate of drug-likeness (QED) is 0.265. The van der Waals surface area contributed by atoms with Crippen LogP contribution in [-0.2, 0) is 14.3 Å². The standard InChI is InChI=1S/C26H29N3O5/c1-2-15-34-21-6-3-5-20(18-21)23-22(24(30)19-7-9-27-10-8-19)25(31)26(32)29(23)12-4-11-28-13-16-33-17-14-28/h2-3,5-10,18,23,30H,1,4,11-17H2/b24-22+. The lowest BCUT2D eigenvalue weighted by atomic mass is 9.95. The van der Waals surface area contributed by atoms with Gasteiger partial charge in [0.1, 0.15) is 18.1 Å². The highest BCUT2D eigenvalue weighted by Crippen LogP contribution is 2.40. The van der Waals surface area contributed by atoms with Crippen LogP contribution in [0.1, 0.15) is 23.6 Å². The van der Waals surface area contributed by atoms with Crippen LogP contribution in [0.5, 0.6) is 5.75 Å². The molecule has 8 heteroatoms. The Kier molecular flexibility index (Phi) is 7.72. The zero-order valence-corrected chi connectivity index (χ0v) is 19.1. The van der Waals surface area contributed by atoms with E-state index in [-0.39, 0.29) is 11.3 Å². The molecule has 1 N–H and O–H groups in total. The minimum absolute atomic E-state index is 0.0726. The molecule has 1 aromatic heterocycles. The van der Waals surface area contributed by atoms with Crippen molar-refractivity contribution in [1.82, 2.24) is 14.8 Å². The third-order valence-corrected chi connectivity index (χ3v) is 6.01. The number of carbonyl (C=O) groups excluding carboxylic acids is 2. The van der Waals surface area contributed by atoms with Crippen molar-refractivity contribution >= 4 is 17.4 Å². The molecule has 8 nitrogen and oxygen atoms in total. The van der Waals surface area contributed by atoms with Crippen molar-refractivity contribution < 1.29 is 24.2 Å². The molecular weight excluding hydrogens is 434 g/mol. The number of pyridine rings is 1. The number of carbonyl (C=O) groups is 2. The molecule has 178 valence electrons. The van der Waals surface area contributed by atoms with Gasteiger partial charge >= 0.3 is 0 Å². The van der Waals surface area contributed by atoms with Gasteiger partial charge in [-0.3, -0.25) is 19.5 Å². The molecule has 1 atom stereocenters. The fourth-order valence-electron chi connectivity index (χ4n) is 4.34. The Morgan fingerprint density at radius 3 is 2.68 bits per heavy atom. The van der Waals surface area contributed by atoms with Gasteiger partial charge in [0.05, 0.1) is 24.8 Å². The molecule has 2 aliphatic rings. The maximum absolute atomic E-state index is 13.1. The highest BCUT2D eigenvalue weighted by molar-refractivity contribution is 6.46. The molecule has 2 aromatic rings. The van der Waals surface area contributed by atoms with Crippen LogP contribution in [0.15, 0.2) is 67.0 Å². The summed E-state index contributed by atoms with van der Waals surface area (Å²) in [5.41, 5.74) is 1.21. The lowest BCUT2D eigenvalue weighted by Gasteiger charge is -2.29. The average Bonchev–Trinajstić information content (AvgIpc) is 3.13. The SMILES string of the molecule is C=CCOc1cccc(C2/C(=C(\O)c3ccncc3)C(=O)C(=O)N2CCCN2CCOCC2)c1. The summed E-state index contributed by atoms with van der Waals surface area (Å²) in [6.45, 7) is 8.30. The smallest absolute Gasteiger partial charge is 0.295 e. The molecule has 1 aromatic carbocycles. The Morgan fingerprint density at radius 1 is 1.18 bits per heavy atom. The number of morpholine rings is 1. The molecule has 0 spiro atoms.